The van der Waals surface area contributed by atoms with E-state index in [0.29, 0.717) is 23.4 Å². The van der Waals surface area contributed by atoms with Gasteiger partial charge in [0.15, 0.2) is 17.5 Å². The summed E-state index contributed by atoms with van der Waals surface area (Å²) in [5.41, 5.74) is -2.55. The molecule has 2 bridgehead atoms. The second kappa shape index (κ2) is 8.41. The molecule has 1 spiro atoms. The second-order valence-electron chi connectivity index (χ2n) is 11.9. The molecule has 8 heteroatoms. The van der Waals surface area contributed by atoms with Crippen molar-refractivity contribution in [2.24, 2.45) is 34.5 Å². The van der Waals surface area contributed by atoms with Crippen LogP contribution < -0.4 is 9.64 Å². The first kappa shape index (κ1) is 25.9. The van der Waals surface area contributed by atoms with Crippen molar-refractivity contribution in [3.63, 3.8) is 0 Å². The van der Waals surface area contributed by atoms with Crippen LogP contribution in [0.1, 0.15) is 34.1 Å². The van der Waals surface area contributed by atoms with E-state index in [4.69, 9.17) is 9.47 Å². The third-order valence-electron chi connectivity index (χ3n) is 9.84. The van der Waals surface area contributed by atoms with Crippen LogP contribution in [0.25, 0.3) is 0 Å². The molecule has 200 valence electrons. The SMILES string of the molecule is COc1ccccc1N(C)C(=O)O[C@H]1C(C)=CC23C(=O)[C@@H](C=C(CO)[C@@H](O)[C@]12O)[C@@H]1[C@@H](CC3C)C1(C)C. The Bertz CT molecular complexity index is 1200. The van der Waals surface area contributed by atoms with Gasteiger partial charge in [0.25, 0.3) is 0 Å². The number of benzene rings is 1. The second-order valence-corrected chi connectivity index (χ2v) is 11.9. The zero-order valence-electron chi connectivity index (χ0n) is 22.3. The summed E-state index contributed by atoms with van der Waals surface area (Å²) in [6, 6.07) is 6.96. The highest BCUT2D eigenvalue weighted by molar-refractivity contribution is 5.96. The van der Waals surface area contributed by atoms with Crippen LogP contribution in [0.3, 0.4) is 0 Å². The van der Waals surface area contributed by atoms with Crippen molar-refractivity contribution in [1.82, 2.24) is 0 Å². The molecule has 4 aliphatic rings. The van der Waals surface area contributed by atoms with E-state index in [2.05, 4.69) is 13.8 Å². The molecular formula is C29H37NO7. The number of fused-ring (bicyclic) bond motifs is 3. The molecule has 4 aliphatic carbocycles. The lowest BCUT2D eigenvalue weighted by Crippen LogP contribution is -2.66. The number of anilines is 1. The van der Waals surface area contributed by atoms with Crippen LogP contribution in [0.4, 0.5) is 10.5 Å². The van der Waals surface area contributed by atoms with Crippen LogP contribution in [0, 0.1) is 34.5 Å². The Kier molecular flexibility index (Phi) is 5.90. The number of para-hydroxylation sites is 2. The van der Waals surface area contributed by atoms with Gasteiger partial charge in [-0.2, -0.15) is 0 Å². The van der Waals surface area contributed by atoms with Gasteiger partial charge in [-0.1, -0.05) is 45.1 Å². The van der Waals surface area contributed by atoms with E-state index >= 15 is 0 Å². The zero-order valence-corrected chi connectivity index (χ0v) is 22.3. The molecule has 1 amide bonds. The Morgan fingerprint density at radius 3 is 2.57 bits per heavy atom. The molecule has 0 aromatic heterocycles. The Morgan fingerprint density at radius 1 is 1.24 bits per heavy atom. The van der Waals surface area contributed by atoms with E-state index < -0.39 is 41.8 Å². The van der Waals surface area contributed by atoms with Gasteiger partial charge < -0.3 is 24.8 Å². The summed E-state index contributed by atoms with van der Waals surface area (Å²) < 4.78 is 11.3. The fraction of sp³-hybridized carbons (Fsp3) is 0.586. The standard InChI is InChI=1S/C29H37NO7/c1-15-13-28-16(2)11-19-22(27(19,3)4)18(24(28)33)12-17(14-31)23(32)29(28,35)25(15)37-26(34)30(5)20-9-7-8-10-21(20)36-6/h7-10,12-13,16,18-19,22-23,25,31-32,35H,11,14H2,1-6H3/t16?,18-,19+,22+,23+,25-,28?,29-/m0/s1. The number of nitrogens with zero attached hydrogens (tertiary/aromatic N) is 1. The smallest absolute Gasteiger partial charge is 0.414 e. The van der Waals surface area contributed by atoms with Crippen LogP contribution in [0.5, 0.6) is 5.75 Å². The molecule has 1 aromatic carbocycles. The van der Waals surface area contributed by atoms with Crippen molar-refractivity contribution in [3.8, 4) is 5.75 Å². The first-order valence-corrected chi connectivity index (χ1v) is 12.9. The van der Waals surface area contributed by atoms with Gasteiger partial charge in [0.05, 0.1) is 24.8 Å². The maximum atomic E-state index is 14.4. The van der Waals surface area contributed by atoms with E-state index in [-0.39, 0.29) is 34.5 Å². The molecule has 2 unspecified atom stereocenters. The highest BCUT2D eigenvalue weighted by atomic mass is 16.6. The fourth-order valence-electron chi connectivity index (χ4n) is 7.78. The number of carbonyl (C=O) groups excluding carboxylic acids is 2. The fourth-order valence-corrected chi connectivity index (χ4v) is 7.78. The molecule has 0 radical (unpaired) electrons. The molecule has 0 heterocycles. The number of allylic oxidation sites excluding steroid dienone is 1. The van der Waals surface area contributed by atoms with Crippen molar-refractivity contribution < 1.29 is 34.4 Å². The maximum absolute atomic E-state index is 14.4. The lowest BCUT2D eigenvalue weighted by atomic mass is 9.59. The van der Waals surface area contributed by atoms with Gasteiger partial charge >= 0.3 is 6.09 Å². The number of aliphatic hydroxyl groups excluding tert-OH is 2. The quantitative estimate of drug-likeness (QED) is 0.532. The van der Waals surface area contributed by atoms with Crippen molar-refractivity contribution in [2.75, 3.05) is 25.7 Å². The van der Waals surface area contributed by atoms with E-state index in [0.717, 1.165) is 0 Å². The summed E-state index contributed by atoms with van der Waals surface area (Å²) in [6.45, 7) is 7.42. The molecule has 1 aromatic rings. The minimum atomic E-state index is -2.17. The predicted molar refractivity (Wildman–Crippen MR) is 137 cm³/mol. The first-order chi connectivity index (χ1) is 17.4. The minimum absolute atomic E-state index is 0.0542. The van der Waals surface area contributed by atoms with Gasteiger partial charge in [0, 0.05) is 13.0 Å². The molecule has 5 rings (SSSR count). The van der Waals surface area contributed by atoms with Gasteiger partial charge in [-0.3, -0.25) is 9.69 Å². The summed E-state index contributed by atoms with van der Waals surface area (Å²) in [7, 11) is 3.03. The number of methoxy groups -OCH3 is 1. The third kappa shape index (κ3) is 3.25. The third-order valence-corrected chi connectivity index (χ3v) is 9.84. The highest BCUT2D eigenvalue weighted by Crippen LogP contribution is 2.71. The Hall–Kier alpha value is -2.68. The summed E-state index contributed by atoms with van der Waals surface area (Å²) >= 11 is 0. The van der Waals surface area contributed by atoms with Crippen LogP contribution in [0.2, 0.25) is 0 Å². The van der Waals surface area contributed by atoms with E-state index in [9.17, 15) is 24.9 Å². The molecule has 0 aliphatic heterocycles. The molecule has 8 nitrogen and oxygen atoms in total. The molecule has 2 fully saturated rings. The van der Waals surface area contributed by atoms with E-state index in [1.807, 2.05) is 6.92 Å². The predicted octanol–water partition coefficient (Wildman–Crippen LogP) is 3.10. The molecule has 8 atom stereocenters. The summed E-state index contributed by atoms with van der Waals surface area (Å²) in [5, 5.41) is 34.3. The largest absolute Gasteiger partial charge is 0.495 e. The summed E-state index contributed by atoms with van der Waals surface area (Å²) in [4.78, 5) is 29.1. The Balaban J connectivity index is 1.58. The van der Waals surface area contributed by atoms with Gasteiger partial charge in [0.1, 0.15) is 11.9 Å². The molecule has 0 saturated heterocycles. The first-order valence-electron chi connectivity index (χ1n) is 12.9. The number of ketones is 1. The number of aliphatic hydroxyl groups is 3. The van der Waals surface area contributed by atoms with Crippen molar-refractivity contribution in [2.45, 2.75) is 51.9 Å². The maximum Gasteiger partial charge on any atom is 0.414 e. The minimum Gasteiger partial charge on any atom is -0.495 e. The van der Waals surface area contributed by atoms with Crippen molar-refractivity contribution >= 4 is 17.6 Å². The number of hydrogen-bond acceptors (Lipinski definition) is 7. The number of amides is 1. The van der Waals surface area contributed by atoms with Gasteiger partial charge in [-0.05, 0) is 59.8 Å². The Morgan fingerprint density at radius 2 is 1.92 bits per heavy atom. The van der Waals surface area contributed by atoms with Gasteiger partial charge in [-0.15, -0.1) is 0 Å². The van der Waals surface area contributed by atoms with Gasteiger partial charge in [-0.25, -0.2) is 4.79 Å². The summed E-state index contributed by atoms with van der Waals surface area (Å²) in [5.74, 6) is -0.253. The monoisotopic (exact) mass is 511 g/mol. The van der Waals surface area contributed by atoms with E-state index in [1.165, 1.54) is 19.1 Å². The number of Topliss-reactive ketones (excluding diaryl/α,β-unsaturated/α-hetero) is 1. The number of carbonyl (C=O) groups is 2. The van der Waals surface area contributed by atoms with Crippen LogP contribution in [-0.2, 0) is 9.53 Å². The van der Waals surface area contributed by atoms with Crippen molar-refractivity contribution in [3.05, 3.63) is 47.6 Å². The van der Waals surface area contributed by atoms with Crippen LogP contribution in [-0.4, -0.2) is 65.8 Å². The van der Waals surface area contributed by atoms with Gasteiger partial charge in [0.2, 0.25) is 0 Å². The average Bonchev–Trinajstić information content (AvgIpc) is 3.36. The van der Waals surface area contributed by atoms with E-state index in [1.54, 1.807) is 43.3 Å². The topological polar surface area (TPSA) is 117 Å². The molecule has 3 N–H and O–H groups in total. The number of rotatable bonds is 4. The normalized spacial score (nSPS) is 39.3. The highest BCUT2D eigenvalue weighted by Gasteiger charge is 2.76. The number of hydrogen-bond donors (Lipinski definition) is 3. The lowest BCUT2D eigenvalue weighted by molar-refractivity contribution is -0.189. The van der Waals surface area contributed by atoms with Crippen LogP contribution >= 0.6 is 0 Å². The zero-order chi connectivity index (χ0) is 27.1. The molecule has 2 saturated carbocycles. The van der Waals surface area contributed by atoms with Crippen molar-refractivity contribution in [1.29, 1.82) is 0 Å². The summed E-state index contributed by atoms with van der Waals surface area (Å²) in [6.07, 6.45) is 0.419. The lowest BCUT2D eigenvalue weighted by Gasteiger charge is -2.48. The average molecular weight is 512 g/mol. The molecule has 37 heavy (non-hydrogen) atoms. The number of ether oxygens (including phenoxy) is 2. The van der Waals surface area contributed by atoms with Crippen LogP contribution in [0.15, 0.2) is 47.6 Å². The Labute approximate surface area is 217 Å². The molecular weight excluding hydrogens is 474 g/mol.